The number of carbonyl (C=O) groups excluding carboxylic acids is 2. The minimum atomic E-state index is -0.515. The van der Waals surface area contributed by atoms with Crippen LogP contribution in [0.3, 0.4) is 0 Å². The van der Waals surface area contributed by atoms with Gasteiger partial charge in [-0.15, -0.1) is 11.3 Å². The lowest BCUT2D eigenvalue weighted by Crippen LogP contribution is -2.50. The van der Waals surface area contributed by atoms with Gasteiger partial charge in [-0.1, -0.05) is 18.2 Å². The van der Waals surface area contributed by atoms with E-state index in [-0.39, 0.29) is 12.0 Å². The molecule has 0 radical (unpaired) electrons. The number of nitrogens with zero attached hydrogens (tertiary/aromatic N) is 2. The van der Waals surface area contributed by atoms with Gasteiger partial charge >= 0.3 is 6.09 Å². The van der Waals surface area contributed by atoms with Crippen molar-refractivity contribution in [1.82, 2.24) is 9.80 Å². The summed E-state index contributed by atoms with van der Waals surface area (Å²) in [5, 5.41) is 2.06. The predicted molar refractivity (Wildman–Crippen MR) is 135 cm³/mol. The summed E-state index contributed by atoms with van der Waals surface area (Å²) >= 11 is 1.49. The van der Waals surface area contributed by atoms with E-state index >= 15 is 0 Å². The van der Waals surface area contributed by atoms with Crippen LogP contribution in [0.2, 0.25) is 0 Å². The van der Waals surface area contributed by atoms with Gasteiger partial charge in [0.05, 0.1) is 4.88 Å². The molecule has 2 aliphatic rings. The van der Waals surface area contributed by atoms with Gasteiger partial charge in [-0.05, 0) is 69.3 Å². The molecule has 2 aliphatic heterocycles. The molecule has 3 heterocycles. The van der Waals surface area contributed by atoms with Crippen molar-refractivity contribution in [1.29, 1.82) is 0 Å². The average molecular weight is 483 g/mol. The van der Waals surface area contributed by atoms with Crippen LogP contribution in [0.25, 0.3) is 5.57 Å². The second kappa shape index (κ2) is 9.45. The SMILES string of the molecule is CCN(CC)C(=O)c1cc(C2=CC3(CCN(C(=O)OC(C)(C)C)CC3)Oc3ccccc32)cs1. The molecule has 6 nitrogen and oxygen atoms in total. The molecule has 1 saturated heterocycles. The predicted octanol–water partition coefficient (Wildman–Crippen LogP) is 5.82. The number of thiophene rings is 1. The number of benzene rings is 1. The average Bonchev–Trinajstić information content (AvgIpc) is 3.29. The molecule has 0 aliphatic carbocycles. The van der Waals surface area contributed by atoms with E-state index in [1.165, 1.54) is 11.3 Å². The number of fused-ring (bicyclic) bond motifs is 1. The summed E-state index contributed by atoms with van der Waals surface area (Å²) in [5.41, 5.74) is 2.14. The van der Waals surface area contributed by atoms with Gasteiger partial charge in [-0.25, -0.2) is 4.79 Å². The summed E-state index contributed by atoms with van der Waals surface area (Å²) in [6.07, 6.45) is 3.29. The molecule has 182 valence electrons. The van der Waals surface area contributed by atoms with Crippen LogP contribution in [-0.2, 0) is 4.74 Å². The fourth-order valence-electron chi connectivity index (χ4n) is 4.50. The van der Waals surface area contributed by atoms with Gasteiger partial charge in [-0.3, -0.25) is 4.79 Å². The summed E-state index contributed by atoms with van der Waals surface area (Å²) in [4.78, 5) is 29.8. The molecule has 7 heteroatoms. The number of ether oxygens (including phenoxy) is 2. The molecule has 0 N–H and O–H groups in total. The Morgan fingerprint density at radius 1 is 1.15 bits per heavy atom. The second-order valence-electron chi connectivity index (χ2n) is 9.87. The third-order valence-electron chi connectivity index (χ3n) is 6.33. The summed E-state index contributed by atoms with van der Waals surface area (Å²) in [6.45, 7) is 12.2. The highest BCUT2D eigenvalue weighted by Crippen LogP contribution is 2.44. The molecule has 1 spiro atoms. The Kier molecular flexibility index (Phi) is 6.76. The molecule has 34 heavy (non-hydrogen) atoms. The van der Waals surface area contributed by atoms with E-state index in [4.69, 9.17) is 9.47 Å². The Balaban J connectivity index is 1.61. The fourth-order valence-corrected chi connectivity index (χ4v) is 5.38. The number of para-hydroxylation sites is 1. The van der Waals surface area contributed by atoms with Gasteiger partial charge in [0.1, 0.15) is 17.0 Å². The van der Waals surface area contributed by atoms with Crippen molar-refractivity contribution >= 4 is 28.9 Å². The van der Waals surface area contributed by atoms with Gasteiger partial charge in [0.2, 0.25) is 0 Å². The Hall–Kier alpha value is -2.80. The monoisotopic (exact) mass is 482 g/mol. The van der Waals surface area contributed by atoms with Crippen molar-refractivity contribution in [3.8, 4) is 5.75 Å². The van der Waals surface area contributed by atoms with Crippen molar-refractivity contribution < 1.29 is 19.1 Å². The second-order valence-corrected chi connectivity index (χ2v) is 10.8. The summed E-state index contributed by atoms with van der Waals surface area (Å²) in [5.74, 6) is 0.913. The topological polar surface area (TPSA) is 59.1 Å². The van der Waals surface area contributed by atoms with Gasteiger partial charge < -0.3 is 19.3 Å². The van der Waals surface area contributed by atoms with Crippen LogP contribution in [0.5, 0.6) is 5.75 Å². The van der Waals surface area contributed by atoms with E-state index in [1.807, 2.05) is 63.8 Å². The van der Waals surface area contributed by atoms with Gasteiger partial charge in [-0.2, -0.15) is 0 Å². The maximum absolute atomic E-state index is 12.9. The van der Waals surface area contributed by atoms with Crippen LogP contribution in [0.1, 0.15) is 68.3 Å². The fraction of sp³-hybridized carbons (Fsp3) is 0.481. The van der Waals surface area contributed by atoms with Crippen LogP contribution in [0, 0.1) is 0 Å². The van der Waals surface area contributed by atoms with Crippen molar-refractivity contribution in [2.75, 3.05) is 26.2 Å². The number of hydrogen-bond acceptors (Lipinski definition) is 5. The van der Waals surface area contributed by atoms with Crippen LogP contribution in [0.4, 0.5) is 4.79 Å². The molecule has 1 aromatic carbocycles. The molecule has 0 atom stereocenters. The van der Waals surface area contributed by atoms with Crippen LogP contribution >= 0.6 is 11.3 Å². The van der Waals surface area contributed by atoms with Gasteiger partial charge in [0.15, 0.2) is 0 Å². The number of carbonyl (C=O) groups is 2. The molecule has 2 aromatic rings. The zero-order chi connectivity index (χ0) is 24.5. The first-order valence-corrected chi connectivity index (χ1v) is 12.9. The molecule has 4 rings (SSSR count). The molecule has 0 bridgehead atoms. The molecule has 1 aromatic heterocycles. The van der Waals surface area contributed by atoms with Crippen LogP contribution in [-0.4, -0.2) is 59.2 Å². The summed E-state index contributed by atoms with van der Waals surface area (Å²) in [7, 11) is 0. The van der Waals surface area contributed by atoms with Gasteiger partial charge in [0.25, 0.3) is 5.91 Å². The first-order chi connectivity index (χ1) is 16.1. The lowest BCUT2D eigenvalue weighted by Gasteiger charge is -2.43. The molecule has 1 fully saturated rings. The smallest absolute Gasteiger partial charge is 0.410 e. The largest absolute Gasteiger partial charge is 0.482 e. The normalized spacial score (nSPS) is 17.0. The molecule has 0 saturated carbocycles. The first kappa shape index (κ1) is 24.3. The van der Waals surface area contributed by atoms with Gasteiger partial charge in [0, 0.05) is 44.6 Å². The molecule has 0 unspecified atom stereocenters. The Labute approximate surface area is 206 Å². The van der Waals surface area contributed by atoms with Crippen molar-refractivity contribution in [3.63, 3.8) is 0 Å². The van der Waals surface area contributed by atoms with E-state index < -0.39 is 11.2 Å². The van der Waals surface area contributed by atoms with Crippen LogP contribution < -0.4 is 4.74 Å². The first-order valence-electron chi connectivity index (χ1n) is 12.0. The van der Waals surface area contributed by atoms with E-state index in [0.29, 0.717) is 39.0 Å². The molecular formula is C27H34N2O4S. The summed E-state index contributed by atoms with van der Waals surface area (Å²) in [6, 6.07) is 10.1. The number of piperidine rings is 1. The lowest BCUT2D eigenvalue weighted by atomic mass is 9.83. The minimum Gasteiger partial charge on any atom is -0.482 e. The number of likely N-dealkylation sites (tertiary alicyclic amines) is 1. The number of rotatable bonds is 4. The third-order valence-corrected chi connectivity index (χ3v) is 7.25. The zero-order valence-corrected chi connectivity index (χ0v) is 21.5. The highest BCUT2D eigenvalue weighted by Gasteiger charge is 2.41. The number of hydrogen-bond donors (Lipinski definition) is 0. The van der Waals surface area contributed by atoms with E-state index in [1.54, 1.807) is 4.90 Å². The Morgan fingerprint density at radius 3 is 2.47 bits per heavy atom. The molecule has 2 amide bonds. The lowest BCUT2D eigenvalue weighted by molar-refractivity contribution is -0.00116. The minimum absolute atomic E-state index is 0.0718. The van der Waals surface area contributed by atoms with E-state index in [0.717, 1.165) is 27.3 Å². The Bertz CT molecular complexity index is 1090. The highest BCUT2D eigenvalue weighted by atomic mass is 32.1. The Morgan fingerprint density at radius 2 is 1.82 bits per heavy atom. The standard InChI is InChI=1S/C27H34N2O4S/c1-6-28(7-2)24(30)23-16-19(18-34-23)21-17-27(32-22-11-9-8-10-20(21)22)12-14-29(15-13-27)25(31)33-26(3,4)5/h8-11,16-18H,6-7,12-15H2,1-5H3. The van der Waals surface area contributed by atoms with E-state index in [9.17, 15) is 9.59 Å². The highest BCUT2D eigenvalue weighted by molar-refractivity contribution is 7.12. The van der Waals surface area contributed by atoms with Crippen molar-refractivity contribution in [2.24, 2.45) is 0 Å². The maximum Gasteiger partial charge on any atom is 0.410 e. The zero-order valence-electron chi connectivity index (χ0n) is 20.7. The maximum atomic E-state index is 12.9. The summed E-state index contributed by atoms with van der Waals surface area (Å²) < 4.78 is 12.1. The van der Waals surface area contributed by atoms with Crippen molar-refractivity contribution in [3.05, 3.63) is 57.8 Å². The number of amides is 2. The quantitative estimate of drug-likeness (QED) is 0.551. The van der Waals surface area contributed by atoms with Crippen LogP contribution in [0.15, 0.2) is 41.8 Å². The molecular weight excluding hydrogens is 448 g/mol. The van der Waals surface area contributed by atoms with E-state index in [2.05, 4.69) is 17.5 Å². The third kappa shape index (κ3) is 4.99. The van der Waals surface area contributed by atoms with Crippen molar-refractivity contribution in [2.45, 2.75) is 58.7 Å².